The number of aliphatic hydroxyl groups is 1. The highest BCUT2D eigenvalue weighted by Gasteiger charge is 2.38. The molecule has 1 N–H and O–H groups in total. The first kappa shape index (κ1) is 18.6. The Morgan fingerprint density at radius 2 is 1.21 bits per heavy atom. The van der Waals surface area contributed by atoms with Crippen molar-refractivity contribution < 1.29 is 14.6 Å². The van der Waals surface area contributed by atoms with Crippen LogP contribution in [0, 0.1) is 0 Å². The molecule has 3 nitrogen and oxygen atoms in total. The van der Waals surface area contributed by atoms with E-state index in [1.807, 2.05) is 67.6 Å². The summed E-state index contributed by atoms with van der Waals surface area (Å²) in [6.07, 6.45) is 0.787. The van der Waals surface area contributed by atoms with Gasteiger partial charge in [0.25, 0.3) is 0 Å². The second-order valence-corrected chi connectivity index (χ2v) is 7.03. The number of benzene rings is 3. The van der Waals surface area contributed by atoms with Crippen LogP contribution in [0.5, 0.6) is 0 Å². The lowest BCUT2D eigenvalue weighted by atomic mass is 9.80. The van der Waals surface area contributed by atoms with Crippen LogP contribution in [-0.4, -0.2) is 24.1 Å². The molecule has 0 bridgehead atoms. The van der Waals surface area contributed by atoms with Crippen molar-refractivity contribution in [3.05, 3.63) is 119 Å². The van der Waals surface area contributed by atoms with Gasteiger partial charge in [-0.2, -0.15) is 0 Å². The molecule has 1 aliphatic heterocycles. The lowest BCUT2D eigenvalue weighted by Crippen LogP contribution is -2.35. The van der Waals surface area contributed by atoms with Gasteiger partial charge in [0.05, 0.1) is 6.61 Å². The van der Waals surface area contributed by atoms with Crippen molar-refractivity contribution in [2.45, 2.75) is 24.9 Å². The quantitative estimate of drug-likeness (QED) is 0.505. The van der Waals surface area contributed by atoms with Gasteiger partial charge in [-0.3, -0.25) is 0 Å². The average Bonchev–Trinajstić information content (AvgIpc) is 3.08. The molecule has 3 aromatic carbocycles. The van der Waals surface area contributed by atoms with Gasteiger partial charge in [0.2, 0.25) is 0 Å². The first-order valence-electron chi connectivity index (χ1n) is 9.52. The second-order valence-electron chi connectivity index (χ2n) is 7.03. The molecule has 1 heterocycles. The molecule has 0 aliphatic carbocycles. The minimum atomic E-state index is -0.854. The molecule has 2 atom stereocenters. The molecule has 0 aromatic heterocycles. The minimum Gasteiger partial charge on any atom is -0.364 e. The summed E-state index contributed by atoms with van der Waals surface area (Å²) in [6, 6.07) is 30.7. The standard InChI is InChI=1S/C25H24O3/c1-19-17-23(28-24(19)26)18-27-25(20-11-5-2-6-12-20,21-13-7-3-8-14-21)22-15-9-4-10-16-22/h2-17,23-24,26H,18H2,1H3. The van der Waals surface area contributed by atoms with Crippen LogP contribution < -0.4 is 0 Å². The van der Waals surface area contributed by atoms with Gasteiger partial charge < -0.3 is 14.6 Å². The molecule has 142 valence electrons. The molecule has 0 radical (unpaired) electrons. The van der Waals surface area contributed by atoms with E-state index in [1.54, 1.807) is 0 Å². The normalized spacial score (nSPS) is 19.4. The van der Waals surface area contributed by atoms with Gasteiger partial charge in [-0.1, -0.05) is 91.0 Å². The zero-order valence-corrected chi connectivity index (χ0v) is 15.9. The summed E-state index contributed by atoms with van der Waals surface area (Å²) in [6.45, 7) is 2.19. The Morgan fingerprint density at radius 1 is 0.786 bits per heavy atom. The molecule has 1 aliphatic rings. The third-order valence-electron chi connectivity index (χ3n) is 5.15. The second kappa shape index (κ2) is 8.11. The van der Waals surface area contributed by atoms with E-state index in [1.165, 1.54) is 0 Å². The maximum Gasteiger partial charge on any atom is 0.177 e. The summed E-state index contributed by atoms with van der Waals surface area (Å²) in [5.41, 5.74) is 3.19. The van der Waals surface area contributed by atoms with E-state index in [4.69, 9.17) is 9.47 Å². The van der Waals surface area contributed by atoms with E-state index >= 15 is 0 Å². The Bertz CT molecular complexity index is 823. The molecular weight excluding hydrogens is 348 g/mol. The molecule has 0 amide bonds. The lowest BCUT2D eigenvalue weighted by Gasteiger charge is -2.36. The summed E-state index contributed by atoms with van der Waals surface area (Å²) >= 11 is 0. The first-order valence-corrected chi connectivity index (χ1v) is 9.52. The molecule has 0 saturated heterocycles. The largest absolute Gasteiger partial charge is 0.364 e. The molecule has 3 aromatic rings. The molecule has 0 fully saturated rings. The summed E-state index contributed by atoms with van der Waals surface area (Å²) in [7, 11) is 0. The summed E-state index contributed by atoms with van der Waals surface area (Å²) in [5.74, 6) is 0. The summed E-state index contributed by atoms with van der Waals surface area (Å²) in [4.78, 5) is 0. The third kappa shape index (κ3) is 3.52. The van der Waals surface area contributed by atoms with Crippen molar-refractivity contribution in [1.29, 1.82) is 0 Å². The molecular formula is C25H24O3. The lowest BCUT2D eigenvalue weighted by molar-refractivity contribution is -0.114. The fraction of sp³-hybridized carbons (Fsp3) is 0.200. The van der Waals surface area contributed by atoms with E-state index in [0.717, 1.165) is 22.3 Å². The number of aliphatic hydroxyl groups excluding tert-OH is 1. The van der Waals surface area contributed by atoms with E-state index in [0.29, 0.717) is 6.61 Å². The molecule has 3 heteroatoms. The van der Waals surface area contributed by atoms with E-state index in [9.17, 15) is 5.11 Å². The first-order chi connectivity index (χ1) is 13.7. The Balaban J connectivity index is 1.81. The van der Waals surface area contributed by atoms with Crippen molar-refractivity contribution in [2.75, 3.05) is 6.61 Å². The highest BCUT2D eigenvalue weighted by atomic mass is 16.6. The molecule has 0 saturated carbocycles. The van der Waals surface area contributed by atoms with Crippen molar-refractivity contribution >= 4 is 0 Å². The van der Waals surface area contributed by atoms with Crippen molar-refractivity contribution in [2.24, 2.45) is 0 Å². The maximum atomic E-state index is 9.90. The number of rotatable bonds is 6. The molecule has 4 rings (SSSR count). The van der Waals surface area contributed by atoms with Crippen LogP contribution in [0.1, 0.15) is 23.6 Å². The van der Waals surface area contributed by atoms with Gasteiger partial charge in [-0.25, -0.2) is 0 Å². The average molecular weight is 372 g/mol. The van der Waals surface area contributed by atoms with Crippen LogP contribution in [0.2, 0.25) is 0 Å². The Labute approximate surface area is 165 Å². The molecule has 0 spiro atoms. The van der Waals surface area contributed by atoms with Gasteiger partial charge in [0.15, 0.2) is 6.29 Å². The fourth-order valence-electron chi connectivity index (χ4n) is 3.75. The van der Waals surface area contributed by atoms with E-state index < -0.39 is 11.9 Å². The molecule has 2 unspecified atom stereocenters. The molecule has 28 heavy (non-hydrogen) atoms. The SMILES string of the molecule is CC1=CC(COC(c2ccccc2)(c2ccccc2)c2ccccc2)OC1O. The highest BCUT2D eigenvalue weighted by Crippen LogP contribution is 2.40. The Hall–Kier alpha value is -2.72. The topological polar surface area (TPSA) is 38.7 Å². The predicted molar refractivity (Wildman–Crippen MR) is 110 cm³/mol. The number of hydrogen-bond donors (Lipinski definition) is 1. The number of hydrogen-bond acceptors (Lipinski definition) is 3. The Kier molecular flexibility index (Phi) is 5.40. The zero-order chi connectivity index (χ0) is 19.4. The van der Waals surface area contributed by atoms with Crippen molar-refractivity contribution in [1.82, 2.24) is 0 Å². The van der Waals surface area contributed by atoms with Gasteiger partial charge >= 0.3 is 0 Å². The third-order valence-corrected chi connectivity index (χ3v) is 5.15. The van der Waals surface area contributed by atoms with Crippen molar-refractivity contribution in [3.8, 4) is 0 Å². The van der Waals surface area contributed by atoms with Crippen LogP contribution in [0.3, 0.4) is 0 Å². The van der Waals surface area contributed by atoms with Crippen LogP contribution in [-0.2, 0) is 15.1 Å². The Morgan fingerprint density at radius 3 is 1.57 bits per heavy atom. The van der Waals surface area contributed by atoms with Gasteiger partial charge in [0, 0.05) is 0 Å². The monoisotopic (exact) mass is 372 g/mol. The van der Waals surface area contributed by atoms with Crippen LogP contribution >= 0.6 is 0 Å². The highest BCUT2D eigenvalue weighted by molar-refractivity contribution is 5.47. The van der Waals surface area contributed by atoms with Crippen LogP contribution in [0.4, 0.5) is 0 Å². The van der Waals surface area contributed by atoms with E-state index in [2.05, 4.69) is 36.4 Å². The van der Waals surface area contributed by atoms with Gasteiger partial charge in [0.1, 0.15) is 11.7 Å². The van der Waals surface area contributed by atoms with Crippen molar-refractivity contribution in [3.63, 3.8) is 0 Å². The fourth-order valence-corrected chi connectivity index (χ4v) is 3.75. The predicted octanol–water partition coefficient (Wildman–Crippen LogP) is 4.66. The van der Waals surface area contributed by atoms with Crippen LogP contribution in [0.15, 0.2) is 103 Å². The van der Waals surface area contributed by atoms with Gasteiger partial charge in [-0.05, 0) is 35.3 Å². The van der Waals surface area contributed by atoms with E-state index in [-0.39, 0.29) is 6.10 Å². The van der Waals surface area contributed by atoms with Crippen LogP contribution in [0.25, 0.3) is 0 Å². The maximum absolute atomic E-state index is 9.90. The van der Waals surface area contributed by atoms with Gasteiger partial charge in [-0.15, -0.1) is 0 Å². The summed E-state index contributed by atoms with van der Waals surface area (Å²) < 4.78 is 12.3. The smallest absolute Gasteiger partial charge is 0.177 e. The zero-order valence-electron chi connectivity index (χ0n) is 15.9. The minimum absolute atomic E-state index is 0.287. The number of ether oxygens (including phenoxy) is 2. The summed E-state index contributed by atoms with van der Waals surface area (Å²) in [5, 5.41) is 9.90.